The van der Waals surface area contributed by atoms with Gasteiger partial charge in [-0.25, -0.2) is 0 Å². The van der Waals surface area contributed by atoms with Gasteiger partial charge in [-0.15, -0.1) is 11.6 Å². The molecule has 0 heterocycles. The monoisotopic (exact) mass is 341 g/mol. The van der Waals surface area contributed by atoms with Crippen LogP contribution in [-0.4, -0.2) is 38.8 Å². The second kappa shape index (κ2) is 8.09. The van der Waals surface area contributed by atoms with Gasteiger partial charge in [0.25, 0.3) is 0 Å². The van der Waals surface area contributed by atoms with Gasteiger partial charge >= 0.3 is 6.18 Å². The lowest BCUT2D eigenvalue weighted by Gasteiger charge is -2.16. The number of halogens is 4. The Bertz CT molecular complexity index is 523. The summed E-state index contributed by atoms with van der Waals surface area (Å²) in [5.74, 6) is -0.188. The number of amides is 1. The maximum atomic E-state index is 12.1. The molecule has 1 aromatic carbocycles. The first-order valence-corrected chi connectivity index (χ1v) is 6.59. The van der Waals surface area contributed by atoms with Gasteiger partial charge in [-0.3, -0.25) is 4.79 Å². The van der Waals surface area contributed by atoms with E-state index in [9.17, 15) is 18.0 Å². The zero-order valence-corrected chi connectivity index (χ0v) is 12.7. The van der Waals surface area contributed by atoms with E-state index >= 15 is 0 Å². The Morgan fingerprint density at radius 3 is 2.32 bits per heavy atom. The fourth-order valence-corrected chi connectivity index (χ4v) is 1.68. The summed E-state index contributed by atoms with van der Waals surface area (Å²) >= 11 is 5.40. The molecule has 0 saturated carbocycles. The number of carbonyl (C=O) groups excluding carboxylic acids is 1. The van der Waals surface area contributed by atoms with Crippen LogP contribution in [0.3, 0.4) is 0 Å². The Hall–Kier alpha value is -1.67. The molecular formula is C13H15ClF3NO4. The molecule has 0 aliphatic carbocycles. The summed E-state index contributed by atoms with van der Waals surface area (Å²) in [7, 11) is 2.78. The number of nitrogens with one attached hydrogen (secondary N) is 1. The Kier molecular flexibility index (Phi) is 6.76. The van der Waals surface area contributed by atoms with Crippen LogP contribution >= 0.6 is 11.6 Å². The first-order chi connectivity index (χ1) is 10.3. The number of carbonyl (C=O) groups is 1. The van der Waals surface area contributed by atoms with Crippen molar-refractivity contribution in [2.75, 3.05) is 32.0 Å². The quantitative estimate of drug-likeness (QED) is 0.775. The van der Waals surface area contributed by atoms with Gasteiger partial charge < -0.3 is 19.5 Å². The third kappa shape index (κ3) is 5.61. The molecular weight excluding hydrogens is 327 g/mol. The van der Waals surface area contributed by atoms with Crippen LogP contribution in [-0.2, 0) is 16.1 Å². The number of anilines is 1. The molecule has 1 rings (SSSR count). The summed E-state index contributed by atoms with van der Waals surface area (Å²) in [5, 5.41) is 2.47. The van der Waals surface area contributed by atoms with Crippen LogP contribution in [0.4, 0.5) is 18.9 Å². The van der Waals surface area contributed by atoms with Gasteiger partial charge in [-0.2, -0.15) is 13.2 Å². The number of methoxy groups -OCH3 is 2. The number of ether oxygens (including phenoxy) is 3. The molecule has 0 fully saturated rings. The highest BCUT2D eigenvalue weighted by Crippen LogP contribution is 2.34. The first-order valence-electron chi connectivity index (χ1n) is 6.06. The van der Waals surface area contributed by atoms with Crippen molar-refractivity contribution in [3.63, 3.8) is 0 Å². The highest BCUT2D eigenvalue weighted by molar-refractivity contribution is 6.29. The Morgan fingerprint density at radius 2 is 1.82 bits per heavy atom. The molecule has 0 atom stereocenters. The molecule has 22 heavy (non-hydrogen) atoms. The lowest BCUT2D eigenvalue weighted by atomic mass is 10.1. The minimum atomic E-state index is -4.43. The number of rotatable bonds is 7. The minimum absolute atomic E-state index is 0.241. The molecule has 1 N–H and O–H groups in total. The predicted octanol–water partition coefficient (Wildman–Crippen LogP) is 2.96. The topological polar surface area (TPSA) is 56.8 Å². The fourth-order valence-electron chi connectivity index (χ4n) is 1.62. The lowest BCUT2D eigenvalue weighted by Crippen LogP contribution is -2.18. The molecule has 1 amide bonds. The largest absolute Gasteiger partial charge is 0.493 e. The number of alkyl halides is 4. The van der Waals surface area contributed by atoms with Crippen molar-refractivity contribution in [2.45, 2.75) is 12.8 Å². The molecule has 124 valence electrons. The van der Waals surface area contributed by atoms with E-state index in [2.05, 4.69) is 10.1 Å². The summed E-state index contributed by atoms with van der Waals surface area (Å²) in [6.45, 7) is -1.76. The average Bonchev–Trinajstić information content (AvgIpc) is 2.46. The zero-order chi connectivity index (χ0) is 16.8. The summed E-state index contributed by atoms with van der Waals surface area (Å²) in [5.41, 5.74) is 0.547. The third-order valence-electron chi connectivity index (χ3n) is 2.53. The van der Waals surface area contributed by atoms with Crippen molar-refractivity contribution in [1.82, 2.24) is 0 Å². The lowest BCUT2D eigenvalue weighted by molar-refractivity contribution is -0.176. The van der Waals surface area contributed by atoms with Crippen LogP contribution in [0.15, 0.2) is 12.1 Å². The van der Waals surface area contributed by atoms with Gasteiger partial charge in [-0.1, -0.05) is 0 Å². The standard InChI is InChI=1S/C13H15ClF3NO4/c1-20-10-3-8(6-22-7-13(15,16)17)9(4-11(10)21-2)18-12(19)5-14/h3-4H,5-7H2,1-2H3,(H,18,19). The maximum absolute atomic E-state index is 12.1. The first kappa shape index (κ1) is 18.4. The van der Waals surface area contributed by atoms with Gasteiger partial charge in [0.1, 0.15) is 12.5 Å². The fraction of sp³-hybridized carbons (Fsp3) is 0.462. The van der Waals surface area contributed by atoms with Crippen molar-refractivity contribution in [3.8, 4) is 11.5 Å². The van der Waals surface area contributed by atoms with E-state index in [0.29, 0.717) is 17.1 Å². The van der Waals surface area contributed by atoms with Crippen LogP contribution in [0.1, 0.15) is 5.56 Å². The van der Waals surface area contributed by atoms with E-state index in [1.165, 1.54) is 26.4 Å². The molecule has 0 aliphatic heterocycles. The molecule has 0 bridgehead atoms. The van der Waals surface area contributed by atoms with Crippen LogP contribution < -0.4 is 14.8 Å². The van der Waals surface area contributed by atoms with E-state index in [0.717, 1.165) is 0 Å². The molecule has 0 aliphatic rings. The van der Waals surface area contributed by atoms with E-state index in [1.54, 1.807) is 0 Å². The molecule has 0 unspecified atom stereocenters. The number of benzene rings is 1. The van der Waals surface area contributed by atoms with Gasteiger partial charge in [0.15, 0.2) is 11.5 Å². The summed E-state index contributed by atoms with van der Waals surface area (Å²) in [4.78, 5) is 11.4. The molecule has 0 radical (unpaired) electrons. The molecule has 0 spiro atoms. The summed E-state index contributed by atoms with van der Waals surface area (Å²) < 4.78 is 51.1. The Labute approximate surface area is 130 Å². The van der Waals surface area contributed by atoms with Crippen molar-refractivity contribution in [2.24, 2.45) is 0 Å². The zero-order valence-electron chi connectivity index (χ0n) is 11.9. The summed E-state index contributed by atoms with van der Waals surface area (Å²) in [6, 6.07) is 2.86. The van der Waals surface area contributed by atoms with Crippen LogP contribution in [0, 0.1) is 0 Å². The van der Waals surface area contributed by atoms with E-state index < -0.39 is 18.7 Å². The Morgan fingerprint density at radius 1 is 1.23 bits per heavy atom. The molecule has 1 aromatic rings. The SMILES string of the molecule is COc1cc(COCC(F)(F)F)c(NC(=O)CCl)cc1OC. The van der Waals surface area contributed by atoms with Crippen LogP contribution in [0.25, 0.3) is 0 Å². The number of hydrogen-bond donors (Lipinski definition) is 1. The molecule has 0 aromatic heterocycles. The average molecular weight is 342 g/mol. The minimum Gasteiger partial charge on any atom is -0.493 e. The van der Waals surface area contributed by atoms with E-state index in [-0.39, 0.29) is 18.2 Å². The normalized spacial score (nSPS) is 11.2. The highest BCUT2D eigenvalue weighted by atomic mass is 35.5. The second-order valence-corrected chi connectivity index (χ2v) is 4.42. The number of hydrogen-bond acceptors (Lipinski definition) is 4. The van der Waals surface area contributed by atoms with Gasteiger partial charge in [0, 0.05) is 11.6 Å². The van der Waals surface area contributed by atoms with Crippen LogP contribution in [0.2, 0.25) is 0 Å². The Balaban J connectivity index is 3.01. The van der Waals surface area contributed by atoms with E-state index in [1.807, 2.05) is 0 Å². The highest BCUT2D eigenvalue weighted by Gasteiger charge is 2.27. The second-order valence-electron chi connectivity index (χ2n) is 4.15. The van der Waals surface area contributed by atoms with Gasteiger partial charge in [-0.05, 0) is 6.07 Å². The van der Waals surface area contributed by atoms with Gasteiger partial charge in [0.2, 0.25) is 5.91 Å². The molecule has 5 nitrogen and oxygen atoms in total. The smallest absolute Gasteiger partial charge is 0.411 e. The van der Waals surface area contributed by atoms with Crippen molar-refractivity contribution < 1.29 is 32.2 Å². The van der Waals surface area contributed by atoms with Crippen molar-refractivity contribution >= 4 is 23.2 Å². The maximum Gasteiger partial charge on any atom is 0.411 e. The van der Waals surface area contributed by atoms with Crippen molar-refractivity contribution in [1.29, 1.82) is 0 Å². The predicted molar refractivity (Wildman–Crippen MR) is 74.6 cm³/mol. The third-order valence-corrected chi connectivity index (χ3v) is 2.77. The molecule has 0 saturated heterocycles. The van der Waals surface area contributed by atoms with Crippen molar-refractivity contribution in [3.05, 3.63) is 17.7 Å². The summed E-state index contributed by atoms with van der Waals surface area (Å²) in [6.07, 6.45) is -4.43. The van der Waals surface area contributed by atoms with Gasteiger partial charge in [0.05, 0.1) is 26.5 Å². The molecule has 9 heteroatoms. The van der Waals surface area contributed by atoms with Crippen LogP contribution in [0.5, 0.6) is 11.5 Å². The van der Waals surface area contributed by atoms with E-state index in [4.69, 9.17) is 21.1 Å².